The first kappa shape index (κ1) is 18.8. The number of nitrogens with one attached hydrogen (secondary N) is 2. The Hall–Kier alpha value is -0.940. The molecule has 2 aliphatic heterocycles. The number of likely N-dealkylation sites (tertiary alicyclic amines) is 1. The normalized spacial score (nSPS) is 30.5. The van der Waals surface area contributed by atoms with Crippen molar-refractivity contribution in [1.29, 1.82) is 0 Å². The third kappa shape index (κ3) is 6.37. The van der Waals surface area contributed by atoms with Crippen LogP contribution < -0.4 is 15.1 Å². The lowest BCUT2D eigenvalue weighted by atomic mass is 10.0. The van der Waals surface area contributed by atoms with E-state index in [4.69, 9.17) is 4.74 Å². The topological polar surface area (TPSA) is 34.7 Å². The zero-order chi connectivity index (χ0) is 17.5. The maximum absolute atomic E-state index is 6.02. The molecule has 2 saturated heterocycles. The minimum atomic E-state index is 0.456. The van der Waals surface area contributed by atoms with Crippen LogP contribution in [0.3, 0.4) is 0 Å². The van der Waals surface area contributed by atoms with Gasteiger partial charge in [-0.2, -0.15) is 0 Å². The van der Waals surface area contributed by atoms with Crippen molar-refractivity contribution in [2.45, 2.75) is 45.4 Å². The number of rotatable bonds is 7. The quantitative estimate of drug-likeness (QED) is 0.565. The Labute approximate surface area is 153 Å². The molecule has 0 amide bonds. The van der Waals surface area contributed by atoms with Gasteiger partial charge in [0.05, 0.1) is 32.3 Å². The van der Waals surface area contributed by atoms with E-state index in [0.717, 1.165) is 25.1 Å². The van der Waals surface area contributed by atoms with Gasteiger partial charge in [0, 0.05) is 24.3 Å². The van der Waals surface area contributed by atoms with Crippen molar-refractivity contribution < 1.29 is 19.9 Å². The summed E-state index contributed by atoms with van der Waals surface area (Å²) in [5.74, 6) is 0.787. The maximum Gasteiger partial charge on any atom is 0.155 e. The average molecular weight is 349 g/mol. The molecule has 3 rings (SSSR count). The SMILES string of the molecule is CC(C)C[NH+]1CCO[C@H](C[NH2+]C2CC[NH+](Cc3ccccc3)CC2)C1. The number of quaternary nitrogens is 3. The Morgan fingerprint density at radius 1 is 1.08 bits per heavy atom. The number of nitrogens with two attached hydrogens (primary N) is 1. The van der Waals surface area contributed by atoms with Crippen LogP contribution >= 0.6 is 0 Å². The lowest BCUT2D eigenvalue weighted by Gasteiger charge is -2.32. The van der Waals surface area contributed by atoms with E-state index < -0.39 is 0 Å². The molecule has 4 nitrogen and oxygen atoms in total. The highest BCUT2D eigenvalue weighted by atomic mass is 16.5. The Morgan fingerprint density at radius 2 is 1.84 bits per heavy atom. The second-order valence-corrected chi connectivity index (χ2v) is 8.52. The first-order chi connectivity index (χ1) is 12.2. The van der Waals surface area contributed by atoms with Crippen molar-refractivity contribution in [2.24, 2.45) is 5.92 Å². The van der Waals surface area contributed by atoms with Crippen LogP contribution in [-0.4, -0.2) is 58.0 Å². The van der Waals surface area contributed by atoms with E-state index in [-0.39, 0.29) is 0 Å². The Kier molecular flexibility index (Phi) is 7.29. The largest absolute Gasteiger partial charge is 0.361 e. The number of piperidine rings is 1. The van der Waals surface area contributed by atoms with Gasteiger partial charge < -0.3 is 19.9 Å². The molecule has 25 heavy (non-hydrogen) atoms. The molecule has 0 aliphatic carbocycles. The monoisotopic (exact) mass is 348 g/mol. The van der Waals surface area contributed by atoms with E-state index in [0.29, 0.717) is 6.10 Å². The molecule has 2 aliphatic rings. The fourth-order valence-corrected chi connectivity index (χ4v) is 4.46. The van der Waals surface area contributed by atoms with Crippen LogP contribution in [0.25, 0.3) is 0 Å². The van der Waals surface area contributed by atoms with Crippen molar-refractivity contribution in [1.82, 2.24) is 0 Å². The van der Waals surface area contributed by atoms with Gasteiger partial charge in [0.15, 0.2) is 6.10 Å². The first-order valence-corrected chi connectivity index (χ1v) is 10.3. The molecule has 4 heteroatoms. The van der Waals surface area contributed by atoms with Gasteiger partial charge in [0.1, 0.15) is 26.2 Å². The van der Waals surface area contributed by atoms with Gasteiger partial charge in [-0.25, -0.2) is 0 Å². The van der Waals surface area contributed by atoms with E-state index in [9.17, 15) is 0 Å². The van der Waals surface area contributed by atoms with Crippen LogP contribution in [0.15, 0.2) is 30.3 Å². The van der Waals surface area contributed by atoms with Gasteiger partial charge >= 0.3 is 0 Å². The third-order valence-electron chi connectivity index (χ3n) is 5.79. The second kappa shape index (κ2) is 9.67. The summed E-state index contributed by atoms with van der Waals surface area (Å²) in [6, 6.07) is 11.7. The van der Waals surface area contributed by atoms with Crippen LogP contribution in [-0.2, 0) is 11.3 Å². The summed E-state index contributed by atoms with van der Waals surface area (Å²) in [5, 5.41) is 2.59. The van der Waals surface area contributed by atoms with E-state index in [2.05, 4.69) is 49.5 Å². The van der Waals surface area contributed by atoms with E-state index in [1.165, 1.54) is 57.7 Å². The summed E-state index contributed by atoms with van der Waals surface area (Å²) in [7, 11) is 0. The zero-order valence-electron chi connectivity index (χ0n) is 16.2. The molecular formula is C21H38N3O+3. The predicted octanol–water partition coefficient (Wildman–Crippen LogP) is -1.26. The smallest absolute Gasteiger partial charge is 0.155 e. The predicted molar refractivity (Wildman–Crippen MR) is 101 cm³/mol. The van der Waals surface area contributed by atoms with E-state index >= 15 is 0 Å². The molecule has 4 N–H and O–H groups in total. The van der Waals surface area contributed by atoms with E-state index in [1.807, 2.05) is 0 Å². The van der Waals surface area contributed by atoms with Gasteiger partial charge in [-0.15, -0.1) is 0 Å². The Bertz CT molecular complexity index is 485. The highest BCUT2D eigenvalue weighted by Crippen LogP contribution is 1.99. The molecule has 0 bridgehead atoms. The minimum absolute atomic E-state index is 0.456. The second-order valence-electron chi connectivity index (χ2n) is 8.52. The lowest BCUT2D eigenvalue weighted by molar-refractivity contribution is -0.928. The Balaban J connectivity index is 1.34. The summed E-state index contributed by atoms with van der Waals surface area (Å²) >= 11 is 0. The highest BCUT2D eigenvalue weighted by molar-refractivity contribution is 5.13. The molecule has 2 atom stereocenters. The van der Waals surface area contributed by atoms with Crippen molar-refractivity contribution >= 4 is 0 Å². The molecule has 1 aromatic rings. The zero-order valence-corrected chi connectivity index (χ0v) is 16.2. The third-order valence-corrected chi connectivity index (χ3v) is 5.79. The maximum atomic E-state index is 6.02. The van der Waals surface area contributed by atoms with Gasteiger partial charge in [0.25, 0.3) is 0 Å². The van der Waals surface area contributed by atoms with Gasteiger partial charge in [-0.3, -0.25) is 0 Å². The summed E-state index contributed by atoms with van der Waals surface area (Å²) in [6.45, 7) is 14.3. The molecular weight excluding hydrogens is 310 g/mol. The van der Waals surface area contributed by atoms with Gasteiger partial charge in [-0.1, -0.05) is 44.2 Å². The molecule has 0 aromatic heterocycles. The number of hydrogen-bond donors (Lipinski definition) is 3. The fraction of sp³-hybridized carbons (Fsp3) is 0.714. The van der Waals surface area contributed by atoms with Crippen LogP contribution in [0.2, 0.25) is 0 Å². The van der Waals surface area contributed by atoms with Crippen LogP contribution in [0.5, 0.6) is 0 Å². The van der Waals surface area contributed by atoms with Crippen molar-refractivity contribution in [2.75, 3.05) is 45.9 Å². The fourth-order valence-electron chi connectivity index (χ4n) is 4.46. The average Bonchev–Trinajstić information content (AvgIpc) is 2.62. The molecule has 0 radical (unpaired) electrons. The van der Waals surface area contributed by atoms with Crippen LogP contribution in [0, 0.1) is 5.92 Å². The summed E-state index contributed by atoms with van der Waals surface area (Å²) in [5.41, 5.74) is 1.48. The summed E-state index contributed by atoms with van der Waals surface area (Å²) in [6.07, 6.45) is 3.15. The Morgan fingerprint density at radius 3 is 2.56 bits per heavy atom. The summed E-state index contributed by atoms with van der Waals surface area (Å²) in [4.78, 5) is 3.49. The van der Waals surface area contributed by atoms with Crippen molar-refractivity contribution in [3.8, 4) is 0 Å². The van der Waals surface area contributed by atoms with E-state index in [1.54, 1.807) is 9.80 Å². The number of ether oxygens (including phenoxy) is 1. The standard InChI is InChI=1S/C21H35N3O/c1-18(2)15-24-12-13-25-21(17-24)14-22-20-8-10-23(11-9-20)16-19-6-4-3-5-7-19/h3-7,18,20-22H,8-17H2,1-2H3/p+3/t21-/m1/s1. The van der Waals surface area contributed by atoms with Crippen molar-refractivity contribution in [3.05, 3.63) is 35.9 Å². The highest BCUT2D eigenvalue weighted by Gasteiger charge is 2.29. The molecule has 0 saturated carbocycles. The van der Waals surface area contributed by atoms with Crippen LogP contribution in [0.4, 0.5) is 0 Å². The molecule has 0 spiro atoms. The van der Waals surface area contributed by atoms with Gasteiger partial charge in [0.2, 0.25) is 0 Å². The lowest BCUT2D eigenvalue weighted by Crippen LogP contribution is -3.16. The number of benzene rings is 1. The molecule has 1 unspecified atom stereocenters. The minimum Gasteiger partial charge on any atom is -0.361 e. The van der Waals surface area contributed by atoms with Gasteiger partial charge in [-0.05, 0) is 0 Å². The first-order valence-electron chi connectivity index (χ1n) is 10.3. The molecule has 2 fully saturated rings. The number of hydrogen-bond acceptors (Lipinski definition) is 1. The van der Waals surface area contributed by atoms with Crippen molar-refractivity contribution in [3.63, 3.8) is 0 Å². The number of morpholine rings is 1. The van der Waals surface area contributed by atoms with Crippen LogP contribution in [0.1, 0.15) is 32.3 Å². The molecule has 1 aromatic carbocycles. The summed E-state index contributed by atoms with van der Waals surface area (Å²) < 4.78 is 6.02. The molecule has 2 heterocycles. The molecule has 140 valence electrons.